The van der Waals surface area contributed by atoms with Gasteiger partial charge in [0.1, 0.15) is 0 Å². The molecular weight excluding hydrogens is 498 g/mol. The highest BCUT2D eigenvalue weighted by Crippen LogP contribution is 2.52. The molecule has 41 heavy (non-hydrogen) atoms. The van der Waals surface area contributed by atoms with E-state index in [2.05, 4.69) is 120 Å². The zero-order valence-corrected chi connectivity index (χ0v) is 22.4. The van der Waals surface area contributed by atoms with Crippen molar-refractivity contribution >= 4 is 27.8 Å². The predicted octanol–water partition coefficient (Wildman–Crippen LogP) is 9.51. The molecule has 3 heteroatoms. The number of aromatic nitrogens is 3. The summed E-state index contributed by atoms with van der Waals surface area (Å²) in [5.41, 5.74) is 13.0. The molecule has 0 bridgehead atoms. The van der Waals surface area contributed by atoms with Gasteiger partial charge in [0.2, 0.25) is 5.95 Å². The Morgan fingerprint density at radius 1 is 0.610 bits per heavy atom. The second-order valence-electron chi connectivity index (χ2n) is 10.9. The van der Waals surface area contributed by atoms with Crippen LogP contribution in [-0.4, -0.2) is 14.5 Å². The van der Waals surface area contributed by atoms with Gasteiger partial charge in [0.15, 0.2) is 0 Å². The second kappa shape index (κ2) is 8.61. The maximum absolute atomic E-state index is 5.28. The lowest BCUT2D eigenvalue weighted by molar-refractivity contribution is 0.848. The van der Waals surface area contributed by atoms with Crippen LogP contribution >= 0.6 is 0 Å². The SMILES string of the molecule is C1=Cc2c(n(-c3nc(-c4ccccc4)cc(-c4ccccc4)n3)c3c4c(ccc23)-c2cccc3cccc-4c23)CC1. The van der Waals surface area contributed by atoms with Crippen LogP contribution in [0.5, 0.6) is 0 Å². The largest absolute Gasteiger partial charge is 0.281 e. The van der Waals surface area contributed by atoms with Crippen LogP contribution in [0.15, 0.2) is 121 Å². The zero-order chi connectivity index (χ0) is 26.9. The molecule has 0 unspecified atom stereocenters. The molecule has 2 aliphatic rings. The van der Waals surface area contributed by atoms with Gasteiger partial charge in [0.05, 0.1) is 16.9 Å². The van der Waals surface area contributed by atoms with Crippen molar-refractivity contribution in [3.63, 3.8) is 0 Å². The van der Waals surface area contributed by atoms with Crippen LogP contribution < -0.4 is 0 Å². The fourth-order valence-electron chi connectivity index (χ4n) is 6.84. The first-order valence-electron chi connectivity index (χ1n) is 14.2. The van der Waals surface area contributed by atoms with Gasteiger partial charge in [-0.15, -0.1) is 0 Å². The summed E-state index contributed by atoms with van der Waals surface area (Å²) < 4.78 is 2.37. The van der Waals surface area contributed by atoms with E-state index >= 15 is 0 Å². The number of nitrogens with zero attached hydrogens (tertiary/aromatic N) is 3. The van der Waals surface area contributed by atoms with Crippen molar-refractivity contribution in [2.75, 3.05) is 0 Å². The Bertz CT molecular complexity index is 2120. The number of benzene rings is 5. The topological polar surface area (TPSA) is 30.7 Å². The normalized spacial score (nSPS) is 13.1. The monoisotopic (exact) mass is 523 g/mol. The van der Waals surface area contributed by atoms with Crippen LogP contribution in [-0.2, 0) is 6.42 Å². The molecule has 0 saturated heterocycles. The minimum absolute atomic E-state index is 0.725. The molecule has 0 amide bonds. The Kier molecular flexibility index (Phi) is 4.73. The fourth-order valence-corrected chi connectivity index (χ4v) is 6.84. The van der Waals surface area contributed by atoms with Gasteiger partial charge in [-0.25, -0.2) is 9.97 Å². The highest BCUT2D eigenvalue weighted by atomic mass is 15.2. The standard InChI is InChI=1S/C38H25N3/c1-3-11-24(12-4-1)32-23-33(25-13-5-2-6-14-25)40-38(39-32)41-34-20-8-7-17-27(34)30-22-21-29-28-18-9-15-26-16-10-19-31(35(26)28)36(29)37(30)41/h1-7,9-19,21-23H,8,20H2. The van der Waals surface area contributed by atoms with E-state index in [0.717, 1.165) is 41.3 Å². The summed E-state index contributed by atoms with van der Waals surface area (Å²) in [6, 6.07) is 41.0. The fraction of sp³-hybridized carbons (Fsp3) is 0.0526. The van der Waals surface area contributed by atoms with Crippen LogP contribution in [0.25, 0.3) is 78.5 Å². The second-order valence-corrected chi connectivity index (χ2v) is 10.9. The summed E-state index contributed by atoms with van der Waals surface area (Å²) >= 11 is 0. The molecule has 9 rings (SSSR count). The Morgan fingerprint density at radius 3 is 2.00 bits per heavy atom. The van der Waals surface area contributed by atoms with E-state index in [1.807, 2.05) is 12.1 Å². The molecule has 0 spiro atoms. The highest BCUT2D eigenvalue weighted by Gasteiger charge is 2.29. The van der Waals surface area contributed by atoms with Crippen molar-refractivity contribution in [2.45, 2.75) is 12.8 Å². The average Bonchev–Trinajstić information content (AvgIpc) is 3.56. The van der Waals surface area contributed by atoms with E-state index in [1.165, 1.54) is 55.2 Å². The number of allylic oxidation sites excluding steroid dienone is 1. The Balaban J connectivity index is 1.41. The van der Waals surface area contributed by atoms with Gasteiger partial charge in [-0.1, -0.05) is 121 Å². The molecule has 2 heterocycles. The van der Waals surface area contributed by atoms with Crippen molar-refractivity contribution < 1.29 is 0 Å². The number of hydrogen-bond donors (Lipinski definition) is 0. The molecule has 7 aromatic rings. The lowest BCUT2D eigenvalue weighted by atomic mass is 9.98. The van der Waals surface area contributed by atoms with E-state index in [-0.39, 0.29) is 0 Å². The molecule has 0 saturated carbocycles. The Morgan fingerprint density at radius 2 is 1.29 bits per heavy atom. The first kappa shape index (κ1) is 22.5. The molecule has 3 nitrogen and oxygen atoms in total. The summed E-state index contributed by atoms with van der Waals surface area (Å²) in [4.78, 5) is 10.6. The first-order chi connectivity index (χ1) is 20.3. The minimum atomic E-state index is 0.725. The third-order valence-electron chi connectivity index (χ3n) is 8.62. The highest BCUT2D eigenvalue weighted by molar-refractivity contribution is 6.21. The van der Waals surface area contributed by atoms with Gasteiger partial charge in [-0.2, -0.15) is 0 Å². The van der Waals surface area contributed by atoms with Crippen molar-refractivity contribution in [1.29, 1.82) is 0 Å². The van der Waals surface area contributed by atoms with Crippen LogP contribution in [0.3, 0.4) is 0 Å². The van der Waals surface area contributed by atoms with E-state index in [9.17, 15) is 0 Å². The Hall–Kier alpha value is -5.28. The number of hydrogen-bond acceptors (Lipinski definition) is 2. The first-order valence-corrected chi connectivity index (χ1v) is 14.2. The van der Waals surface area contributed by atoms with Crippen LogP contribution in [0.4, 0.5) is 0 Å². The van der Waals surface area contributed by atoms with Gasteiger partial charge >= 0.3 is 0 Å². The van der Waals surface area contributed by atoms with Gasteiger partial charge < -0.3 is 0 Å². The van der Waals surface area contributed by atoms with Gasteiger partial charge in [-0.3, -0.25) is 4.57 Å². The molecule has 0 atom stereocenters. The van der Waals surface area contributed by atoms with Crippen LogP contribution in [0, 0.1) is 0 Å². The summed E-state index contributed by atoms with van der Waals surface area (Å²) in [6.45, 7) is 0. The molecule has 2 aliphatic carbocycles. The quantitative estimate of drug-likeness (QED) is 0.231. The lowest BCUT2D eigenvalue weighted by Gasteiger charge is -2.16. The predicted molar refractivity (Wildman–Crippen MR) is 169 cm³/mol. The minimum Gasteiger partial charge on any atom is -0.281 e. The number of fused-ring (bicyclic) bond motifs is 7. The molecule has 0 aliphatic heterocycles. The van der Waals surface area contributed by atoms with Crippen molar-refractivity contribution in [2.24, 2.45) is 0 Å². The summed E-state index contributed by atoms with van der Waals surface area (Å²) in [7, 11) is 0. The van der Waals surface area contributed by atoms with Crippen molar-refractivity contribution in [1.82, 2.24) is 14.5 Å². The third kappa shape index (κ3) is 3.26. The van der Waals surface area contributed by atoms with Crippen LogP contribution in [0.1, 0.15) is 17.7 Å². The van der Waals surface area contributed by atoms with Gasteiger partial charge in [-0.05, 0) is 46.4 Å². The van der Waals surface area contributed by atoms with E-state index in [4.69, 9.17) is 9.97 Å². The van der Waals surface area contributed by atoms with Crippen molar-refractivity contribution in [3.05, 3.63) is 133 Å². The molecule has 0 fully saturated rings. The smallest absolute Gasteiger partial charge is 0.235 e. The van der Waals surface area contributed by atoms with Crippen LogP contribution in [0.2, 0.25) is 0 Å². The zero-order valence-electron chi connectivity index (χ0n) is 22.4. The maximum atomic E-state index is 5.28. The molecule has 2 aromatic heterocycles. The molecule has 0 radical (unpaired) electrons. The Labute approximate surface area is 238 Å². The van der Waals surface area contributed by atoms with E-state index < -0.39 is 0 Å². The summed E-state index contributed by atoms with van der Waals surface area (Å²) in [5, 5.41) is 3.87. The van der Waals surface area contributed by atoms with E-state index in [1.54, 1.807) is 0 Å². The molecular formula is C38H25N3. The average molecular weight is 524 g/mol. The molecule has 0 N–H and O–H groups in total. The van der Waals surface area contributed by atoms with Gasteiger partial charge in [0, 0.05) is 33.3 Å². The lowest BCUT2D eigenvalue weighted by Crippen LogP contribution is -2.09. The molecule has 5 aromatic carbocycles. The number of rotatable bonds is 3. The third-order valence-corrected chi connectivity index (χ3v) is 8.62. The van der Waals surface area contributed by atoms with Crippen molar-refractivity contribution in [3.8, 4) is 50.7 Å². The summed E-state index contributed by atoms with van der Waals surface area (Å²) in [5.74, 6) is 0.725. The molecule has 192 valence electrons. The van der Waals surface area contributed by atoms with E-state index in [0.29, 0.717) is 0 Å². The maximum Gasteiger partial charge on any atom is 0.235 e. The van der Waals surface area contributed by atoms with Gasteiger partial charge in [0.25, 0.3) is 0 Å². The summed E-state index contributed by atoms with van der Waals surface area (Å²) in [6.07, 6.45) is 6.55.